The molecule has 108 valence electrons. The molecule has 4 heteroatoms. The largest absolute Gasteiger partial charge is 0.481 e. The van der Waals surface area contributed by atoms with E-state index < -0.39 is 5.97 Å². The zero-order valence-electron chi connectivity index (χ0n) is 11.7. The van der Waals surface area contributed by atoms with Gasteiger partial charge in [0.05, 0.1) is 18.6 Å². The first kappa shape index (κ1) is 14.6. The third-order valence-corrected chi connectivity index (χ3v) is 4.12. The van der Waals surface area contributed by atoms with Gasteiger partial charge in [-0.3, -0.25) is 4.79 Å². The van der Waals surface area contributed by atoms with Gasteiger partial charge >= 0.3 is 11.9 Å². The van der Waals surface area contributed by atoms with Crippen LogP contribution in [0, 0.1) is 11.8 Å². The first-order valence-electron chi connectivity index (χ1n) is 7.02. The molecule has 20 heavy (non-hydrogen) atoms. The predicted molar refractivity (Wildman–Crippen MR) is 74.6 cm³/mol. The van der Waals surface area contributed by atoms with Crippen LogP contribution in [0.5, 0.6) is 0 Å². The second kappa shape index (κ2) is 6.55. The molecule has 1 aliphatic rings. The average Bonchev–Trinajstić information content (AvgIpc) is 2.98. The maximum Gasteiger partial charge on any atom is 0.337 e. The second-order valence-electron chi connectivity index (χ2n) is 5.38. The van der Waals surface area contributed by atoms with E-state index in [1.807, 2.05) is 12.1 Å². The van der Waals surface area contributed by atoms with Crippen LogP contribution in [0.2, 0.25) is 0 Å². The number of carboxylic acids is 1. The van der Waals surface area contributed by atoms with Crippen LogP contribution in [0.15, 0.2) is 24.3 Å². The number of carbonyl (C=O) groups is 2. The maximum atomic E-state index is 11.4. The van der Waals surface area contributed by atoms with E-state index in [4.69, 9.17) is 0 Å². The summed E-state index contributed by atoms with van der Waals surface area (Å²) in [4.78, 5) is 22.8. The zero-order chi connectivity index (χ0) is 14.5. The van der Waals surface area contributed by atoms with Crippen molar-refractivity contribution < 1.29 is 19.4 Å². The van der Waals surface area contributed by atoms with Crippen LogP contribution in [0.25, 0.3) is 0 Å². The summed E-state index contributed by atoms with van der Waals surface area (Å²) in [5, 5.41) is 9.40. The van der Waals surface area contributed by atoms with Gasteiger partial charge in [0, 0.05) is 0 Å². The number of carbonyl (C=O) groups excluding carboxylic acids is 1. The van der Waals surface area contributed by atoms with Crippen molar-refractivity contribution in [3.8, 4) is 0 Å². The molecule has 0 bridgehead atoms. The van der Waals surface area contributed by atoms with E-state index in [0.29, 0.717) is 12.0 Å². The fourth-order valence-corrected chi connectivity index (χ4v) is 2.96. The standard InChI is InChI=1S/C16H20O4/c1-20-16(19)13-8-6-11(7-9-13)10-14(15(17)18)12-4-2-3-5-12/h6-9,12,14H,2-5,10H2,1H3,(H,17,18). The molecular formula is C16H20O4. The lowest BCUT2D eigenvalue weighted by molar-refractivity contribution is -0.143. The lowest BCUT2D eigenvalue weighted by Gasteiger charge is -2.19. The van der Waals surface area contributed by atoms with Crippen LogP contribution in [-0.2, 0) is 16.0 Å². The molecular weight excluding hydrogens is 256 g/mol. The van der Waals surface area contributed by atoms with Crippen molar-refractivity contribution in [2.45, 2.75) is 32.1 Å². The predicted octanol–water partition coefficient (Wildman–Crippen LogP) is 2.91. The van der Waals surface area contributed by atoms with Crippen molar-refractivity contribution in [1.29, 1.82) is 0 Å². The molecule has 1 atom stereocenters. The summed E-state index contributed by atoms with van der Waals surface area (Å²) in [5.74, 6) is -1.12. The Bertz CT molecular complexity index is 472. The van der Waals surface area contributed by atoms with Gasteiger partial charge in [-0.05, 0) is 42.9 Å². The molecule has 1 saturated carbocycles. The van der Waals surface area contributed by atoms with E-state index in [1.54, 1.807) is 12.1 Å². The normalized spacial score (nSPS) is 16.9. The number of esters is 1. The molecule has 0 aromatic heterocycles. The minimum absolute atomic E-state index is 0.285. The van der Waals surface area contributed by atoms with Crippen molar-refractivity contribution in [2.24, 2.45) is 11.8 Å². The van der Waals surface area contributed by atoms with Crippen LogP contribution < -0.4 is 0 Å². The molecule has 0 saturated heterocycles. The SMILES string of the molecule is COC(=O)c1ccc(CC(C(=O)O)C2CCCC2)cc1. The molecule has 0 heterocycles. The molecule has 0 radical (unpaired) electrons. The van der Waals surface area contributed by atoms with E-state index in [-0.39, 0.29) is 17.8 Å². The van der Waals surface area contributed by atoms with Gasteiger partial charge in [0.2, 0.25) is 0 Å². The Balaban J connectivity index is 2.06. The van der Waals surface area contributed by atoms with Gasteiger partial charge < -0.3 is 9.84 Å². The van der Waals surface area contributed by atoms with E-state index in [1.165, 1.54) is 7.11 Å². The van der Waals surface area contributed by atoms with E-state index in [9.17, 15) is 14.7 Å². The van der Waals surface area contributed by atoms with Crippen LogP contribution in [-0.4, -0.2) is 24.2 Å². The number of hydrogen-bond acceptors (Lipinski definition) is 3. The van der Waals surface area contributed by atoms with Crippen molar-refractivity contribution in [2.75, 3.05) is 7.11 Å². The van der Waals surface area contributed by atoms with Gasteiger partial charge in [-0.1, -0.05) is 25.0 Å². The molecule has 1 N–H and O–H groups in total. The Labute approximate surface area is 118 Å². The number of rotatable bonds is 5. The topological polar surface area (TPSA) is 63.6 Å². The number of methoxy groups -OCH3 is 1. The summed E-state index contributed by atoms with van der Waals surface area (Å²) in [6.07, 6.45) is 4.82. The highest BCUT2D eigenvalue weighted by molar-refractivity contribution is 5.89. The average molecular weight is 276 g/mol. The highest BCUT2D eigenvalue weighted by atomic mass is 16.5. The van der Waals surface area contributed by atoms with Crippen molar-refractivity contribution in [1.82, 2.24) is 0 Å². The van der Waals surface area contributed by atoms with Crippen molar-refractivity contribution in [3.05, 3.63) is 35.4 Å². The van der Waals surface area contributed by atoms with E-state index in [2.05, 4.69) is 4.74 Å². The molecule has 4 nitrogen and oxygen atoms in total. The second-order valence-corrected chi connectivity index (χ2v) is 5.38. The molecule has 1 aromatic carbocycles. The van der Waals surface area contributed by atoms with Crippen LogP contribution in [0.3, 0.4) is 0 Å². The molecule has 1 aromatic rings. The number of aliphatic carboxylic acids is 1. The fraction of sp³-hybridized carbons (Fsp3) is 0.500. The van der Waals surface area contributed by atoms with Gasteiger partial charge in [0.15, 0.2) is 0 Å². The number of hydrogen-bond donors (Lipinski definition) is 1. The minimum atomic E-state index is -0.714. The Kier molecular flexibility index (Phi) is 4.77. The van der Waals surface area contributed by atoms with Gasteiger partial charge in [0.25, 0.3) is 0 Å². The first-order valence-corrected chi connectivity index (χ1v) is 7.02. The quantitative estimate of drug-likeness (QED) is 0.840. The molecule has 1 fully saturated rings. The summed E-state index contributed by atoms with van der Waals surface area (Å²) >= 11 is 0. The Morgan fingerprint density at radius 3 is 2.35 bits per heavy atom. The van der Waals surface area contributed by atoms with Crippen molar-refractivity contribution in [3.63, 3.8) is 0 Å². The summed E-state index contributed by atoms with van der Waals surface area (Å²) < 4.78 is 4.64. The van der Waals surface area contributed by atoms with Crippen LogP contribution >= 0.6 is 0 Å². The number of benzene rings is 1. The summed E-state index contributed by atoms with van der Waals surface area (Å²) in [5.41, 5.74) is 1.45. The summed E-state index contributed by atoms with van der Waals surface area (Å²) in [7, 11) is 1.34. The lowest BCUT2D eigenvalue weighted by Crippen LogP contribution is -2.24. The molecule has 0 aliphatic heterocycles. The molecule has 0 spiro atoms. The van der Waals surface area contributed by atoms with E-state index in [0.717, 1.165) is 31.2 Å². The third kappa shape index (κ3) is 3.38. The Morgan fingerprint density at radius 2 is 1.85 bits per heavy atom. The molecule has 1 unspecified atom stereocenters. The number of carboxylic acid groups (broad SMARTS) is 1. The van der Waals surface area contributed by atoms with Gasteiger partial charge in [-0.25, -0.2) is 4.79 Å². The van der Waals surface area contributed by atoms with Crippen LogP contribution in [0.1, 0.15) is 41.6 Å². The molecule has 2 rings (SSSR count). The highest BCUT2D eigenvalue weighted by Crippen LogP contribution is 2.33. The van der Waals surface area contributed by atoms with Crippen LogP contribution in [0.4, 0.5) is 0 Å². The van der Waals surface area contributed by atoms with Gasteiger partial charge in [0.1, 0.15) is 0 Å². The zero-order valence-corrected chi connectivity index (χ0v) is 11.7. The number of ether oxygens (including phenoxy) is 1. The molecule has 0 amide bonds. The smallest absolute Gasteiger partial charge is 0.337 e. The minimum Gasteiger partial charge on any atom is -0.481 e. The summed E-state index contributed by atoms with van der Waals surface area (Å²) in [6, 6.07) is 7.01. The highest BCUT2D eigenvalue weighted by Gasteiger charge is 2.30. The third-order valence-electron chi connectivity index (χ3n) is 4.12. The van der Waals surface area contributed by atoms with Gasteiger partial charge in [-0.2, -0.15) is 0 Å². The Hall–Kier alpha value is -1.84. The fourth-order valence-electron chi connectivity index (χ4n) is 2.96. The summed E-state index contributed by atoms with van der Waals surface area (Å²) in [6.45, 7) is 0. The lowest BCUT2D eigenvalue weighted by atomic mass is 9.85. The van der Waals surface area contributed by atoms with E-state index >= 15 is 0 Å². The Morgan fingerprint density at radius 1 is 1.25 bits per heavy atom. The maximum absolute atomic E-state index is 11.4. The van der Waals surface area contributed by atoms with Crippen molar-refractivity contribution >= 4 is 11.9 Å². The monoisotopic (exact) mass is 276 g/mol. The first-order chi connectivity index (χ1) is 9.61. The molecule has 1 aliphatic carbocycles. The van der Waals surface area contributed by atoms with Gasteiger partial charge in [-0.15, -0.1) is 0 Å².